The Morgan fingerprint density at radius 2 is 1.74 bits per heavy atom. The Balaban J connectivity index is 1.74. The Morgan fingerprint density at radius 1 is 1.04 bits per heavy atom. The average molecular weight is 388 g/mol. The second kappa shape index (κ2) is 10.0. The number of rotatable bonds is 9. The molecular formula is C21H25NO4S. The normalized spacial score (nSPS) is 11.7. The number of nitrogens with one attached hydrogen (secondary N) is 1. The number of carbonyl (C=O) groups is 3. The summed E-state index contributed by atoms with van der Waals surface area (Å²) in [7, 11) is 0. The number of hydrogen-bond acceptors (Lipinski definition) is 5. The van der Waals surface area contributed by atoms with Crippen LogP contribution in [0.5, 0.6) is 0 Å². The van der Waals surface area contributed by atoms with Gasteiger partial charge in [0.15, 0.2) is 12.4 Å². The summed E-state index contributed by atoms with van der Waals surface area (Å²) in [6.45, 7) is 5.57. The summed E-state index contributed by atoms with van der Waals surface area (Å²) in [4.78, 5) is 37.5. The topological polar surface area (TPSA) is 72.5 Å². The first-order chi connectivity index (χ1) is 12.9. The molecule has 0 spiro atoms. The van der Waals surface area contributed by atoms with Crippen molar-refractivity contribution < 1.29 is 19.1 Å². The lowest BCUT2D eigenvalue weighted by Crippen LogP contribution is -2.32. The van der Waals surface area contributed by atoms with Gasteiger partial charge in [0, 0.05) is 11.3 Å². The monoisotopic (exact) mass is 387 g/mol. The Morgan fingerprint density at radius 3 is 2.33 bits per heavy atom. The molecule has 0 saturated heterocycles. The first-order valence-corrected chi connectivity index (χ1v) is 9.82. The zero-order valence-corrected chi connectivity index (χ0v) is 16.7. The van der Waals surface area contributed by atoms with Crippen LogP contribution in [0, 0.1) is 13.8 Å². The summed E-state index contributed by atoms with van der Waals surface area (Å²) in [5.41, 5.74) is 2.17. The lowest BCUT2D eigenvalue weighted by Gasteiger charge is -2.17. The Kier molecular flexibility index (Phi) is 7.73. The molecule has 144 valence electrons. The molecule has 1 N–H and O–H groups in total. The zero-order chi connectivity index (χ0) is 19.8. The second-order valence-electron chi connectivity index (χ2n) is 6.43. The summed E-state index contributed by atoms with van der Waals surface area (Å²) in [6.07, 6.45) is 0.789. The van der Waals surface area contributed by atoms with Crippen LogP contribution in [0.4, 0.5) is 0 Å². The first kappa shape index (κ1) is 20.8. The van der Waals surface area contributed by atoms with Crippen LogP contribution in [0.15, 0.2) is 36.4 Å². The molecule has 5 nitrogen and oxygen atoms in total. The minimum atomic E-state index is -0.546. The fourth-order valence-corrected chi connectivity index (χ4v) is 3.43. The van der Waals surface area contributed by atoms with Crippen molar-refractivity contribution in [2.24, 2.45) is 0 Å². The van der Waals surface area contributed by atoms with Gasteiger partial charge in [0.05, 0.1) is 17.3 Å². The van der Waals surface area contributed by atoms with E-state index < -0.39 is 5.97 Å². The van der Waals surface area contributed by atoms with E-state index in [4.69, 9.17) is 4.74 Å². The summed E-state index contributed by atoms with van der Waals surface area (Å²) in [6, 6.07) is 11.5. The molecule has 1 aromatic carbocycles. The lowest BCUT2D eigenvalue weighted by atomic mass is 10.0. The van der Waals surface area contributed by atoms with Gasteiger partial charge in [-0.25, -0.2) is 0 Å². The molecule has 2 rings (SSSR count). The molecule has 0 radical (unpaired) electrons. The third-order valence-corrected chi connectivity index (χ3v) is 5.20. The summed E-state index contributed by atoms with van der Waals surface area (Å²) >= 11 is 1.41. The first-order valence-electron chi connectivity index (χ1n) is 9.00. The number of thiophene rings is 1. The van der Waals surface area contributed by atoms with Gasteiger partial charge in [0.2, 0.25) is 0 Å². The number of carbonyl (C=O) groups excluding carboxylic acids is 3. The molecule has 0 fully saturated rings. The van der Waals surface area contributed by atoms with Crippen molar-refractivity contribution in [3.05, 3.63) is 57.3 Å². The fourth-order valence-electron chi connectivity index (χ4n) is 2.60. The van der Waals surface area contributed by atoms with E-state index in [1.54, 1.807) is 6.07 Å². The van der Waals surface area contributed by atoms with Crippen molar-refractivity contribution in [3.8, 4) is 0 Å². The minimum absolute atomic E-state index is 0.0295. The van der Waals surface area contributed by atoms with E-state index in [-0.39, 0.29) is 37.2 Å². The van der Waals surface area contributed by atoms with Gasteiger partial charge in [-0.05, 0) is 38.0 Å². The van der Waals surface area contributed by atoms with Crippen LogP contribution in [0.25, 0.3) is 0 Å². The Labute approximate surface area is 163 Å². The molecule has 0 aliphatic carbocycles. The molecule has 0 unspecified atom stereocenters. The Hall–Kier alpha value is -2.47. The zero-order valence-electron chi connectivity index (χ0n) is 15.9. The lowest BCUT2D eigenvalue weighted by molar-refractivity contribution is -0.148. The smallest absolute Gasteiger partial charge is 0.306 e. The highest BCUT2D eigenvalue weighted by Gasteiger charge is 2.16. The highest BCUT2D eigenvalue weighted by molar-refractivity contribution is 7.14. The number of ketones is 1. The van der Waals surface area contributed by atoms with Crippen molar-refractivity contribution in [2.45, 2.75) is 46.1 Å². The van der Waals surface area contributed by atoms with E-state index in [2.05, 4.69) is 5.32 Å². The molecule has 1 atom stereocenters. The van der Waals surface area contributed by atoms with Gasteiger partial charge in [-0.1, -0.05) is 36.8 Å². The minimum Gasteiger partial charge on any atom is -0.456 e. The maximum absolute atomic E-state index is 12.1. The van der Waals surface area contributed by atoms with E-state index in [0.29, 0.717) is 4.88 Å². The van der Waals surface area contributed by atoms with Crippen LogP contribution in [0.1, 0.15) is 57.9 Å². The van der Waals surface area contributed by atoms with E-state index >= 15 is 0 Å². The van der Waals surface area contributed by atoms with Crippen molar-refractivity contribution >= 4 is 29.0 Å². The van der Waals surface area contributed by atoms with Gasteiger partial charge in [-0.2, -0.15) is 0 Å². The number of benzene rings is 1. The molecule has 0 bridgehead atoms. The largest absolute Gasteiger partial charge is 0.456 e. The van der Waals surface area contributed by atoms with Crippen LogP contribution in [-0.2, 0) is 14.3 Å². The number of Topliss-reactive ketones (excluding diaryl/α,β-unsaturated/α-hetero) is 1. The van der Waals surface area contributed by atoms with E-state index in [9.17, 15) is 14.4 Å². The van der Waals surface area contributed by atoms with Crippen molar-refractivity contribution in [3.63, 3.8) is 0 Å². The van der Waals surface area contributed by atoms with Gasteiger partial charge < -0.3 is 10.1 Å². The van der Waals surface area contributed by atoms with Crippen molar-refractivity contribution in [1.29, 1.82) is 0 Å². The third-order valence-electron chi connectivity index (χ3n) is 4.16. The van der Waals surface area contributed by atoms with Crippen LogP contribution in [0.3, 0.4) is 0 Å². The predicted molar refractivity (Wildman–Crippen MR) is 106 cm³/mol. The SMILES string of the molecule is CC[C@@H](NC(=O)COC(=O)CCC(=O)c1ccc(C)s1)c1ccc(C)cc1. The standard InChI is InChI=1S/C21H25NO4S/c1-4-17(16-8-5-14(2)6-9-16)22-20(24)13-26-21(25)12-10-18(23)19-11-7-15(3)27-19/h5-9,11,17H,4,10,12-13H2,1-3H3,(H,22,24)/t17-/m1/s1. The van der Waals surface area contributed by atoms with Gasteiger partial charge in [-0.15, -0.1) is 11.3 Å². The van der Waals surface area contributed by atoms with Crippen LogP contribution in [0.2, 0.25) is 0 Å². The number of hydrogen-bond donors (Lipinski definition) is 1. The van der Waals surface area contributed by atoms with Crippen molar-refractivity contribution in [2.75, 3.05) is 6.61 Å². The molecule has 0 saturated carbocycles. The van der Waals surface area contributed by atoms with E-state index in [1.807, 2.05) is 51.1 Å². The molecule has 1 amide bonds. The molecular weight excluding hydrogens is 362 g/mol. The second-order valence-corrected chi connectivity index (χ2v) is 7.72. The predicted octanol–water partition coefficient (Wildman–Crippen LogP) is 4.14. The van der Waals surface area contributed by atoms with Gasteiger partial charge in [-0.3, -0.25) is 14.4 Å². The molecule has 1 aromatic heterocycles. The van der Waals surface area contributed by atoms with Gasteiger partial charge >= 0.3 is 5.97 Å². The molecule has 27 heavy (non-hydrogen) atoms. The quantitative estimate of drug-likeness (QED) is 0.518. The van der Waals surface area contributed by atoms with E-state index in [0.717, 1.165) is 22.4 Å². The molecule has 2 aromatic rings. The average Bonchev–Trinajstić information content (AvgIpc) is 3.09. The molecule has 6 heteroatoms. The van der Waals surface area contributed by atoms with Crippen LogP contribution < -0.4 is 5.32 Å². The maximum atomic E-state index is 12.1. The maximum Gasteiger partial charge on any atom is 0.306 e. The number of esters is 1. The summed E-state index contributed by atoms with van der Waals surface area (Å²) < 4.78 is 5.00. The summed E-state index contributed by atoms with van der Waals surface area (Å²) in [5, 5.41) is 2.87. The number of ether oxygens (including phenoxy) is 1. The van der Waals surface area contributed by atoms with Gasteiger partial charge in [0.1, 0.15) is 0 Å². The van der Waals surface area contributed by atoms with Gasteiger partial charge in [0.25, 0.3) is 5.91 Å². The number of amides is 1. The highest BCUT2D eigenvalue weighted by Crippen LogP contribution is 2.18. The van der Waals surface area contributed by atoms with Crippen LogP contribution in [-0.4, -0.2) is 24.3 Å². The Bertz CT molecular complexity index is 795. The van der Waals surface area contributed by atoms with Crippen molar-refractivity contribution in [1.82, 2.24) is 5.32 Å². The van der Waals surface area contributed by atoms with Crippen LogP contribution >= 0.6 is 11.3 Å². The molecule has 0 aliphatic rings. The number of aryl methyl sites for hydroxylation is 2. The van der Waals surface area contributed by atoms with E-state index in [1.165, 1.54) is 11.3 Å². The third kappa shape index (κ3) is 6.64. The highest BCUT2D eigenvalue weighted by atomic mass is 32.1. The molecule has 1 heterocycles. The molecule has 0 aliphatic heterocycles. The fraction of sp³-hybridized carbons (Fsp3) is 0.381. The summed E-state index contributed by atoms with van der Waals surface area (Å²) in [5.74, 6) is -0.980.